The fourth-order valence-electron chi connectivity index (χ4n) is 2.86. The van der Waals surface area contributed by atoms with Gasteiger partial charge in [0.1, 0.15) is 24.4 Å². The quantitative estimate of drug-likeness (QED) is 0.668. The van der Waals surface area contributed by atoms with Crippen LogP contribution in [0, 0.1) is 5.82 Å². The van der Waals surface area contributed by atoms with Gasteiger partial charge >= 0.3 is 0 Å². The van der Waals surface area contributed by atoms with Crippen molar-refractivity contribution in [3.05, 3.63) is 46.9 Å². The molecule has 0 spiro atoms. The Hall–Kier alpha value is -2.21. The van der Waals surface area contributed by atoms with Crippen molar-refractivity contribution in [1.82, 2.24) is 9.97 Å². The molecule has 1 aliphatic rings. The van der Waals surface area contributed by atoms with E-state index in [-0.39, 0.29) is 18.2 Å². The largest absolute Gasteiger partial charge is 0.487 e. The molecule has 2 aromatic heterocycles. The van der Waals surface area contributed by atoms with Crippen LogP contribution in [0.4, 0.5) is 4.39 Å². The van der Waals surface area contributed by atoms with Crippen LogP contribution >= 0.6 is 11.3 Å². The standard InChI is InChI=1S/C17H15FN2O2S/c18-12-5-1-2-6-13(12)21-8-9-22-16-15-11-4-3-7-14(11)23-17(15)20-10-19-16/h1-2,5-6,10H,3-4,7-9H2. The maximum atomic E-state index is 13.5. The highest BCUT2D eigenvalue weighted by Crippen LogP contribution is 2.39. The van der Waals surface area contributed by atoms with Crippen LogP contribution in [-0.4, -0.2) is 23.2 Å². The van der Waals surface area contributed by atoms with Gasteiger partial charge in [0.25, 0.3) is 0 Å². The molecule has 23 heavy (non-hydrogen) atoms. The Bertz CT molecular complexity index is 850. The predicted octanol–water partition coefficient (Wildman–Crippen LogP) is 3.78. The summed E-state index contributed by atoms with van der Waals surface area (Å²) >= 11 is 1.73. The first-order valence-corrected chi connectivity index (χ1v) is 8.40. The molecule has 0 saturated heterocycles. The molecule has 1 aliphatic carbocycles. The van der Waals surface area contributed by atoms with Crippen molar-refractivity contribution in [3.63, 3.8) is 0 Å². The van der Waals surface area contributed by atoms with E-state index in [1.54, 1.807) is 29.5 Å². The Morgan fingerprint density at radius 1 is 1.09 bits per heavy atom. The average molecular weight is 330 g/mol. The van der Waals surface area contributed by atoms with Crippen LogP contribution in [0.3, 0.4) is 0 Å². The van der Waals surface area contributed by atoms with Crippen LogP contribution in [0.1, 0.15) is 16.9 Å². The normalized spacial score (nSPS) is 13.3. The molecular formula is C17H15FN2O2S. The van der Waals surface area contributed by atoms with Gasteiger partial charge in [-0.2, -0.15) is 0 Å². The third kappa shape index (κ3) is 2.74. The highest BCUT2D eigenvalue weighted by molar-refractivity contribution is 7.18. The lowest BCUT2D eigenvalue weighted by atomic mass is 10.2. The first kappa shape index (κ1) is 14.4. The van der Waals surface area contributed by atoms with Crippen molar-refractivity contribution in [2.75, 3.05) is 13.2 Å². The van der Waals surface area contributed by atoms with Gasteiger partial charge in [0.2, 0.25) is 5.88 Å². The van der Waals surface area contributed by atoms with Gasteiger partial charge in [0.15, 0.2) is 11.6 Å². The molecule has 0 bridgehead atoms. The van der Waals surface area contributed by atoms with Gasteiger partial charge in [-0.05, 0) is 37.0 Å². The molecule has 0 radical (unpaired) electrons. The Morgan fingerprint density at radius 3 is 2.87 bits per heavy atom. The molecule has 4 rings (SSSR count). The van der Waals surface area contributed by atoms with Gasteiger partial charge in [0, 0.05) is 4.88 Å². The molecule has 0 atom stereocenters. The molecule has 0 saturated carbocycles. The maximum Gasteiger partial charge on any atom is 0.225 e. The number of para-hydroxylation sites is 1. The molecule has 1 aromatic carbocycles. The second kappa shape index (κ2) is 6.12. The molecule has 2 heterocycles. The van der Waals surface area contributed by atoms with E-state index in [1.165, 1.54) is 29.3 Å². The Labute approximate surface area is 136 Å². The van der Waals surface area contributed by atoms with Gasteiger partial charge < -0.3 is 9.47 Å². The van der Waals surface area contributed by atoms with E-state index in [2.05, 4.69) is 9.97 Å². The predicted molar refractivity (Wildman–Crippen MR) is 86.8 cm³/mol. The molecule has 0 fully saturated rings. The summed E-state index contributed by atoms with van der Waals surface area (Å²) in [5, 5.41) is 1.04. The topological polar surface area (TPSA) is 44.2 Å². The molecule has 0 N–H and O–H groups in total. The first-order valence-electron chi connectivity index (χ1n) is 7.58. The highest BCUT2D eigenvalue weighted by atomic mass is 32.1. The van der Waals surface area contributed by atoms with E-state index in [9.17, 15) is 4.39 Å². The SMILES string of the molecule is Fc1ccccc1OCCOc1ncnc2sc3c(c12)CCC3. The van der Waals surface area contributed by atoms with Gasteiger partial charge in [-0.15, -0.1) is 11.3 Å². The minimum atomic E-state index is -0.368. The molecule has 0 unspecified atom stereocenters. The monoisotopic (exact) mass is 330 g/mol. The van der Waals surface area contributed by atoms with Crippen molar-refractivity contribution >= 4 is 21.6 Å². The van der Waals surface area contributed by atoms with Crippen molar-refractivity contribution in [3.8, 4) is 11.6 Å². The lowest BCUT2D eigenvalue weighted by molar-refractivity contribution is 0.208. The van der Waals surface area contributed by atoms with E-state index in [0.717, 1.165) is 23.1 Å². The molecule has 0 amide bonds. The zero-order valence-corrected chi connectivity index (χ0v) is 13.2. The highest BCUT2D eigenvalue weighted by Gasteiger charge is 2.21. The fourth-order valence-corrected chi connectivity index (χ4v) is 4.08. The molecule has 0 aliphatic heterocycles. The number of ether oxygens (including phenoxy) is 2. The summed E-state index contributed by atoms with van der Waals surface area (Å²) in [5.41, 5.74) is 1.33. The number of benzene rings is 1. The summed E-state index contributed by atoms with van der Waals surface area (Å²) in [6, 6.07) is 6.35. The van der Waals surface area contributed by atoms with E-state index < -0.39 is 0 Å². The number of aryl methyl sites for hydroxylation is 2. The lowest BCUT2D eigenvalue weighted by Crippen LogP contribution is -2.10. The number of fused-ring (bicyclic) bond motifs is 3. The van der Waals surface area contributed by atoms with Crippen LogP contribution in [0.15, 0.2) is 30.6 Å². The second-order valence-electron chi connectivity index (χ2n) is 5.34. The zero-order valence-electron chi connectivity index (χ0n) is 12.4. The molecule has 3 aromatic rings. The summed E-state index contributed by atoms with van der Waals surface area (Å²) in [6.45, 7) is 0.573. The Kier molecular flexibility index (Phi) is 3.83. The Balaban J connectivity index is 1.45. The summed E-state index contributed by atoms with van der Waals surface area (Å²) < 4.78 is 24.6. The van der Waals surface area contributed by atoms with E-state index >= 15 is 0 Å². The van der Waals surface area contributed by atoms with Gasteiger partial charge in [-0.1, -0.05) is 12.1 Å². The van der Waals surface area contributed by atoms with Crippen molar-refractivity contribution < 1.29 is 13.9 Å². The van der Waals surface area contributed by atoms with E-state index in [4.69, 9.17) is 9.47 Å². The van der Waals surface area contributed by atoms with Gasteiger partial charge in [-0.25, -0.2) is 14.4 Å². The molecular weight excluding hydrogens is 315 g/mol. The molecule has 6 heteroatoms. The van der Waals surface area contributed by atoms with Crippen molar-refractivity contribution in [1.29, 1.82) is 0 Å². The number of hydrogen-bond donors (Lipinski definition) is 0. The summed E-state index contributed by atoms with van der Waals surface area (Å²) in [5.74, 6) is 0.472. The number of halogens is 1. The number of nitrogens with zero attached hydrogens (tertiary/aromatic N) is 2. The van der Waals surface area contributed by atoms with Crippen molar-refractivity contribution in [2.24, 2.45) is 0 Å². The number of rotatable bonds is 5. The summed E-state index contributed by atoms with van der Waals surface area (Å²) in [6.07, 6.45) is 4.89. The van der Waals surface area contributed by atoms with Crippen LogP contribution in [-0.2, 0) is 12.8 Å². The molecule has 118 valence electrons. The third-order valence-electron chi connectivity index (χ3n) is 3.88. The second-order valence-corrected chi connectivity index (χ2v) is 6.43. The third-order valence-corrected chi connectivity index (χ3v) is 5.08. The minimum absolute atomic E-state index is 0.236. The number of hydrogen-bond acceptors (Lipinski definition) is 5. The van der Waals surface area contributed by atoms with Crippen LogP contribution in [0.2, 0.25) is 0 Å². The lowest BCUT2D eigenvalue weighted by Gasteiger charge is -2.09. The van der Waals surface area contributed by atoms with Gasteiger partial charge in [-0.3, -0.25) is 0 Å². The van der Waals surface area contributed by atoms with Crippen LogP contribution < -0.4 is 9.47 Å². The summed E-state index contributed by atoms with van der Waals surface area (Å²) in [7, 11) is 0. The minimum Gasteiger partial charge on any atom is -0.487 e. The van der Waals surface area contributed by atoms with E-state index in [1.807, 2.05) is 0 Å². The fraction of sp³-hybridized carbons (Fsp3) is 0.294. The smallest absolute Gasteiger partial charge is 0.225 e. The maximum absolute atomic E-state index is 13.5. The first-order chi connectivity index (χ1) is 11.3. The number of thiophene rings is 1. The van der Waals surface area contributed by atoms with E-state index in [0.29, 0.717) is 12.5 Å². The number of aromatic nitrogens is 2. The Morgan fingerprint density at radius 2 is 1.96 bits per heavy atom. The van der Waals surface area contributed by atoms with Crippen LogP contribution in [0.25, 0.3) is 10.2 Å². The molecule has 4 nitrogen and oxygen atoms in total. The van der Waals surface area contributed by atoms with Crippen molar-refractivity contribution in [2.45, 2.75) is 19.3 Å². The van der Waals surface area contributed by atoms with Gasteiger partial charge in [0.05, 0.1) is 5.39 Å². The average Bonchev–Trinajstić information content (AvgIpc) is 3.14. The summed E-state index contributed by atoms with van der Waals surface area (Å²) in [4.78, 5) is 11.0. The van der Waals surface area contributed by atoms with Crippen LogP contribution in [0.5, 0.6) is 11.6 Å². The zero-order chi connectivity index (χ0) is 15.6.